The lowest BCUT2D eigenvalue weighted by molar-refractivity contribution is 0.0938. The van der Waals surface area contributed by atoms with Crippen molar-refractivity contribution < 1.29 is 9.53 Å². The first-order valence-corrected chi connectivity index (χ1v) is 7.79. The second-order valence-corrected chi connectivity index (χ2v) is 5.58. The van der Waals surface area contributed by atoms with Crippen LogP contribution < -0.4 is 0 Å². The monoisotopic (exact) mass is 287 g/mol. The molecule has 1 aliphatic heterocycles. The van der Waals surface area contributed by atoms with E-state index in [1.165, 1.54) is 11.1 Å². The largest absolute Gasteiger partial charge is 0.450 e. The van der Waals surface area contributed by atoms with Crippen molar-refractivity contribution in [3.05, 3.63) is 57.8 Å². The van der Waals surface area contributed by atoms with Gasteiger partial charge in [0.15, 0.2) is 0 Å². The van der Waals surface area contributed by atoms with E-state index in [1.54, 1.807) is 11.3 Å². The number of thiophene rings is 1. The number of carbonyl (C=O) groups is 1. The summed E-state index contributed by atoms with van der Waals surface area (Å²) in [5, 5.41) is 4.16. The van der Waals surface area contributed by atoms with Gasteiger partial charge in [0.2, 0.25) is 0 Å². The summed E-state index contributed by atoms with van der Waals surface area (Å²) < 4.78 is 5.22. The second kappa shape index (κ2) is 5.67. The molecule has 0 fully saturated rings. The number of ether oxygens (including phenoxy) is 1. The van der Waals surface area contributed by atoms with Crippen LogP contribution in [0.25, 0.3) is 0 Å². The number of nitrogens with zero attached hydrogens (tertiary/aromatic N) is 1. The van der Waals surface area contributed by atoms with Crippen molar-refractivity contribution in [2.24, 2.45) is 0 Å². The molecule has 20 heavy (non-hydrogen) atoms. The Kier molecular flexibility index (Phi) is 3.74. The molecule has 2 aromatic rings. The van der Waals surface area contributed by atoms with Crippen molar-refractivity contribution in [1.29, 1.82) is 0 Å². The summed E-state index contributed by atoms with van der Waals surface area (Å²) in [6.07, 6.45) is 0.661. The van der Waals surface area contributed by atoms with Crippen LogP contribution in [0.5, 0.6) is 0 Å². The van der Waals surface area contributed by atoms with Gasteiger partial charge in [-0.25, -0.2) is 4.79 Å². The third-order valence-corrected chi connectivity index (χ3v) is 4.35. The third-order valence-electron chi connectivity index (χ3n) is 3.64. The summed E-state index contributed by atoms with van der Waals surface area (Å²) >= 11 is 1.66. The second-order valence-electron chi connectivity index (χ2n) is 4.80. The maximum Gasteiger partial charge on any atom is 0.410 e. The first-order valence-electron chi connectivity index (χ1n) is 6.84. The van der Waals surface area contributed by atoms with E-state index in [-0.39, 0.29) is 12.1 Å². The molecule has 0 saturated heterocycles. The lowest BCUT2D eigenvalue weighted by Crippen LogP contribution is -2.40. The molecule has 0 bridgehead atoms. The average molecular weight is 287 g/mol. The van der Waals surface area contributed by atoms with E-state index in [0.29, 0.717) is 13.2 Å². The smallest absolute Gasteiger partial charge is 0.410 e. The van der Waals surface area contributed by atoms with E-state index in [0.717, 1.165) is 12.0 Å². The molecule has 0 N–H and O–H groups in total. The topological polar surface area (TPSA) is 29.5 Å². The number of fused-ring (bicyclic) bond motifs is 1. The molecule has 0 saturated carbocycles. The molecule has 0 radical (unpaired) electrons. The minimum Gasteiger partial charge on any atom is -0.450 e. The predicted molar refractivity (Wildman–Crippen MR) is 80.0 cm³/mol. The Hall–Kier alpha value is -1.81. The molecule has 1 aliphatic rings. The first-order chi connectivity index (χ1) is 9.81. The van der Waals surface area contributed by atoms with Crippen LogP contribution in [0.1, 0.15) is 29.7 Å². The van der Waals surface area contributed by atoms with Gasteiger partial charge in [-0.1, -0.05) is 24.3 Å². The van der Waals surface area contributed by atoms with Gasteiger partial charge in [0, 0.05) is 6.54 Å². The van der Waals surface area contributed by atoms with Gasteiger partial charge in [-0.15, -0.1) is 0 Å². The fraction of sp³-hybridized carbons (Fsp3) is 0.312. The Morgan fingerprint density at radius 1 is 1.40 bits per heavy atom. The van der Waals surface area contributed by atoms with Crippen LogP contribution >= 0.6 is 11.3 Å². The molecular formula is C16H17NO2S. The van der Waals surface area contributed by atoms with Gasteiger partial charge in [0.1, 0.15) is 0 Å². The molecule has 1 unspecified atom stereocenters. The zero-order valence-electron chi connectivity index (χ0n) is 11.4. The van der Waals surface area contributed by atoms with Gasteiger partial charge < -0.3 is 4.74 Å². The van der Waals surface area contributed by atoms with Crippen molar-refractivity contribution >= 4 is 17.4 Å². The zero-order valence-corrected chi connectivity index (χ0v) is 12.2. The molecule has 3 nitrogen and oxygen atoms in total. The Balaban J connectivity index is 2.03. The molecule has 2 heterocycles. The number of amides is 1. The lowest BCUT2D eigenvalue weighted by atomic mass is 9.90. The van der Waals surface area contributed by atoms with Crippen LogP contribution in [0.2, 0.25) is 0 Å². The van der Waals surface area contributed by atoms with Crippen LogP contribution in [0.15, 0.2) is 41.1 Å². The Bertz CT molecular complexity index is 594. The number of hydrogen-bond acceptors (Lipinski definition) is 3. The maximum atomic E-state index is 12.2. The third kappa shape index (κ3) is 2.31. The van der Waals surface area contributed by atoms with Crippen molar-refractivity contribution in [1.82, 2.24) is 4.90 Å². The average Bonchev–Trinajstić information content (AvgIpc) is 3.00. The molecule has 1 aromatic heterocycles. The van der Waals surface area contributed by atoms with E-state index in [4.69, 9.17) is 4.74 Å². The number of rotatable bonds is 2. The summed E-state index contributed by atoms with van der Waals surface area (Å²) in [4.78, 5) is 14.1. The summed E-state index contributed by atoms with van der Waals surface area (Å²) in [6.45, 7) is 2.96. The fourth-order valence-electron chi connectivity index (χ4n) is 2.76. The zero-order chi connectivity index (χ0) is 13.9. The summed E-state index contributed by atoms with van der Waals surface area (Å²) in [5.41, 5.74) is 3.70. The van der Waals surface area contributed by atoms with Crippen LogP contribution in [-0.2, 0) is 11.2 Å². The minimum atomic E-state index is -0.224. The highest BCUT2D eigenvalue weighted by molar-refractivity contribution is 7.08. The Labute approximate surface area is 122 Å². The quantitative estimate of drug-likeness (QED) is 0.839. The van der Waals surface area contributed by atoms with E-state index in [1.807, 2.05) is 17.9 Å². The molecule has 104 valence electrons. The fourth-order valence-corrected chi connectivity index (χ4v) is 3.44. The van der Waals surface area contributed by atoms with E-state index in [2.05, 4.69) is 35.0 Å². The number of benzene rings is 1. The molecule has 3 rings (SSSR count). The molecule has 0 aliphatic carbocycles. The SMILES string of the molecule is CCOC(=O)N1CCc2ccccc2C1c1ccsc1. The van der Waals surface area contributed by atoms with Gasteiger partial charge in [0.25, 0.3) is 0 Å². The molecule has 4 heteroatoms. The maximum absolute atomic E-state index is 12.2. The van der Waals surface area contributed by atoms with Crippen LogP contribution in [0, 0.1) is 0 Å². The summed E-state index contributed by atoms with van der Waals surface area (Å²) in [6, 6.07) is 10.4. The highest BCUT2D eigenvalue weighted by Crippen LogP contribution is 2.36. The standard InChI is InChI=1S/C16H17NO2S/c1-2-19-16(18)17-9-7-12-5-3-4-6-14(12)15(17)13-8-10-20-11-13/h3-6,8,10-11,15H,2,7,9H2,1H3. The minimum absolute atomic E-state index is 0.0229. The van der Waals surface area contributed by atoms with Gasteiger partial charge in [-0.3, -0.25) is 4.90 Å². The van der Waals surface area contributed by atoms with Gasteiger partial charge in [0.05, 0.1) is 12.6 Å². The van der Waals surface area contributed by atoms with Crippen LogP contribution in [-0.4, -0.2) is 24.1 Å². The Morgan fingerprint density at radius 3 is 3.00 bits per heavy atom. The highest BCUT2D eigenvalue weighted by Gasteiger charge is 2.32. The van der Waals surface area contributed by atoms with Crippen molar-refractivity contribution in [3.8, 4) is 0 Å². The van der Waals surface area contributed by atoms with Crippen molar-refractivity contribution in [2.45, 2.75) is 19.4 Å². The van der Waals surface area contributed by atoms with Gasteiger partial charge >= 0.3 is 6.09 Å². The summed E-state index contributed by atoms with van der Waals surface area (Å²) in [7, 11) is 0. The normalized spacial score (nSPS) is 17.6. The van der Waals surface area contributed by atoms with E-state index < -0.39 is 0 Å². The van der Waals surface area contributed by atoms with E-state index >= 15 is 0 Å². The Morgan fingerprint density at radius 2 is 2.25 bits per heavy atom. The number of carbonyl (C=O) groups excluding carboxylic acids is 1. The predicted octanol–water partition coefficient (Wildman–Crippen LogP) is 3.85. The van der Waals surface area contributed by atoms with Crippen molar-refractivity contribution in [3.63, 3.8) is 0 Å². The van der Waals surface area contributed by atoms with Gasteiger partial charge in [-0.2, -0.15) is 11.3 Å². The lowest BCUT2D eigenvalue weighted by Gasteiger charge is -2.36. The molecule has 1 aromatic carbocycles. The van der Waals surface area contributed by atoms with E-state index in [9.17, 15) is 4.79 Å². The highest BCUT2D eigenvalue weighted by atomic mass is 32.1. The van der Waals surface area contributed by atoms with Crippen LogP contribution in [0.4, 0.5) is 4.79 Å². The summed E-state index contributed by atoms with van der Waals surface area (Å²) in [5.74, 6) is 0. The molecular weight excluding hydrogens is 270 g/mol. The van der Waals surface area contributed by atoms with Gasteiger partial charge in [-0.05, 0) is 46.9 Å². The van der Waals surface area contributed by atoms with Crippen LogP contribution in [0.3, 0.4) is 0 Å². The molecule has 1 amide bonds. The first kappa shape index (κ1) is 13.2. The molecule has 0 spiro atoms. The molecule has 1 atom stereocenters. The number of hydrogen-bond donors (Lipinski definition) is 0. The van der Waals surface area contributed by atoms with Crippen molar-refractivity contribution in [2.75, 3.05) is 13.2 Å².